The van der Waals surface area contributed by atoms with Crippen LogP contribution in [0.1, 0.15) is 40.5 Å². The van der Waals surface area contributed by atoms with Gasteiger partial charge in [0.15, 0.2) is 0 Å². The fourth-order valence-corrected chi connectivity index (χ4v) is 1.94. The molecule has 3 nitrogen and oxygen atoms in total. The standard InChI is InChI=1S/C9H19NO2S2/c1-5-8(3,13)10(7(11)12)9(4,14)6-2/h13-14H,5-6H2,1-4H3,(H,11,12). The van der Waals surface area contributed by atoms with E-state index in [1.54, 1.807) is 13.8 Å². The van der Waals surface area contributed by atoms with E-state index >= 15 is 0 Å². The Kier molecular flexibility index (Phi) is 4.65. The lowest BCUT2D eigenvalue weighted by Crippen LogP contribution is -2.55. The molecule has 2 unspecified atom stereocenters. The van der Waals surface area contributed by atoms with Crippen LogP contribution in [0.4, 0.5) is 4.79 Å². The van der Waals surface area contributed by atoms with Gasteiger partial charge in [-0.05, 0) is 26.7 Å². The Morgan fingerprint density at radius 1 is 1.21 bits per heavy atom. The average molecular weight is 237 g/mol. The molecular weight excluding hydrogens is 218 g/mol. The van der Waals surface area contributed by atoms with Crippen molar-refractivity contribution in [2.24, 2.45) is 0 Å². The van der Waals surface area contributed by atoms with Crippen LogP contribution < -0.4 is 0 Å². The first kappa shape index (κ1) is 14.0. The summed E-state index contributed by atoms with van der Waals surface area (Å²) in [6.07, 6.45) is 0.292. The lowest BCUT2D eigenvalue weighted by atomic mass is 10.1. The molecule has 0 aromatic rings. The number of amides is 1. The highest BCUT2D eigenvalue weighted by Gasteiger charge is 2.40. The molecule has 0 aromatic heterocycles. The Balaban J connectivity index is 5.06. The predicted molar refractivity (Wildman–Crippen MR) is 65.2 cm³/mol. The molecule has 0 bridgehead atoms. The number of carbonyl (C=O) groups is 1. The van der Waals surface area contributed by atoms with Gasteiger partial charge in [-0.15, -0.1) is 0 Å². The van der Waals surface area contributed by atoms with Crippen LogP contribution >= 0.6 is 25.3 Å². The lowest BCUT2D eigenvalue weighted by molar-refractivity contribution is 0.0832. The van der Waals surface area contributed by atoms with Gasteiger partial charge in [0.25, 0.3) is 0 Å². The highest BCUT2D eigenvalue weighted by Crippen LogP contribution is 2.35. The summed E-state index contributed by atoms with van der Waals surface area (Å²) in [6.45, 7) is 7.38. The van der Waals surface area contributed by atoms with Crippen molar-refractivity contribution in [3.05, 3.63) is 0 Å². The molecule has 0 aliphatic heterocycles. The van der Waals surface area contributed by atoms with Crippen molar-refractivity contribution in [2.45, 2.75) is 50.3 Å². The summed E-state index contributed by atoms with van der Waals surface area (Å²) in [5.74, 6) is 0. The van der Waals surface area contributed by atoms with E-state index in [2.05, 4.69) is 25.3 Å². The molecule has 0 aliphatic carbocycles. The Morgan fingerprint density at radius 3 is 1.64 bits per heavy atom. The summed E-state index contributed by atoms with van der Waals surface area (Å²) in [4.78, 5) is 11.1. The molecule has 5 heteroatoms. The zero-order chi connectivity index (χ0) is 11.6. The van der Waals surface area contributed by atoms with Crippen molar-refractivity contribution in [3.8, 4) is 0 Å². The smallest absolute Gasteiger partial charge is 0.409 e. The first-order chi connectivity index (χ1) is 6.19. The molecule has 1 N–H and O–H groups in total. The Morgan fingerprint density at radius 2 is 1.50 bits per heavy atom. The van der Waals surface area contributed by atoms with E-state index in [0.29, 0.717) is 12.8 Å². The Bertz CT molecular complexity index is 201. The first-order valence-corrected chi connectivity index (χ1v) is 5.56. The normalized spacial score (nSPS) is 19.6. The van der Waals surface area contributed by atoms with Crippen LogP contribution in [0.5, 0.6) is 0 Å². The number of carboxylic acid groups (broad SMARTS) is 1. The molecular formula is C9H19NO2S2. The van der Waals surface area contributed by atoms with Gasteiger partial charge in [0, 0.05) is 0 Å². The number of thiol groups is 2. The van der Waals surface area contributed by atoms with Gasteiger partial charge in [0.1, 0.15) is 0 Å². The highest BCUT2D eigenvalue weighted by atomic mass is 32.1. The van der Waals surface area contributed by atoms with Crippen molar-refractivity contribution in [2.75, 3.05) is 0 Å². The lowest BCUT2D eigenvalue weighted by Gasteiger charge is -2.44. The predicted octanol–water partition coefficient (Wildman–Crippen LogP) is 3.08. The van der Waals surface area contributed by atoms with Gasteiger partial charge >= 0.3 is 6.09 Å². The second-order valence-electron chi connectivity index (χ2n) is 3.76. The highest BCUT2D eigenvalue weighted by molar-refractivity contribution is 7.82. The van der Waals surface area contributed by atoms with Crippen molar-refractivity contribution < 1.29 is 9.90 Å². The maximum absolute atomic E-state index is 11.1. The summed E-state index contributed by atoms with van der Waals surface area (Å²) in [6, 6.07) is 0. The summed E-state index contributed by atoms with van der Waals surface area (Å²) in [7, 11) is 0. The van der Waals surface area contributed by atoms with Crippen LogP contribution in [-0.4, -0.2) is 25.8 Å². The molecule has 0 fully saturated rings. The molecule has 0 saturated carbocycles. The van der Waals surface area contributed by atoms with Crippen LogP contribution in [0.25, 0.3) is 0 Å². The van der Waals surface area contributed by atoms with Gasteiger partial charge in [-0.3, -0.25) is 4.90 Å². The van der Waals surface area contributed by atoms with E-state index in [4.69, 9.17) is 5.11 Å². The van der Waals surface area contributed by atoms with Crippen LogP contribution in [0.15, 0.2) is 0 Å². The molecule has 14 heavy (non-hydrogen) atoms. The van der Waals surface area contributed by atoms with Gasteiger partial charge in [-0.2, -0.15) is 25.3 Å². The number of hydrogen-bond donors (Lipinski definition) is 3. The second kappa shape index (κ2) is 4.66. The number of rotatable bonds is 4. The maximum Gasteiger partial charge on any atom is 0.409 e. The molecule has 0 aliphatic rings. The molecule has 0 aromatic carbocycles. The molecule has 1 amide bonds. The minimum atomic E-state index is -0.983. The van der Waals surface area contributed by atoms with Gasteiger partial charge in [-0.1, -0.05) is 13.8 Å². The van der Waals surface area contributed by atoms with Gasteiger partial charge in [0.05, 0.1) is 9.74 Å². The van der Waals surface area contributed by atoms with Crippen LogP contribution in [0, 0.1) is 0 Å². The summed E-state index contributed by atoms with van der Waals surface area (Å²) in [5.41, 5.74) is 0. The van der Waals surface area contributed by atoms with E-state index in [1.165, 1.54) is 4.90 Å². The van der Waals surface area contributed by atoms with E-state index in [-0.39, 0.29) is 0 Å². The summed E-state index contributed by atoms with van der Waals surface area (Å²) in [5, 5.41) is 9.13. The molecule has 0 saturated heterocycles. The van der Waals surface area contributed by atoms with Crippen LogP contribution in [0.3, 0.4) is 0 Å². The molecule has 2 atom stereocenters. The zero-order valence-corrected chi connectivity index (χ0v) is 10.9. The largest absolute Gasteiger partial charge is 0.465 e. The molecule has 0 radical (unpaired) electrons. The van der Waals surface area contributed by atoms with Crippen molar-refractivity contribution in [1.29, 1.82) is 0 Å². The minimum absolute atomic E-state index is 0.637. The third-order valence-corrected chi connectivity index (χ3v) is 3.53. The fraction of sp³-hybridized carbons (Fsp3) is 0.889. The van der Waals surface area contributed by atoms with E-state index < -0.39 is 15.8 Å². The quantitative estimate of drug-likeness (QED) is 0.519. The van der Waals surface area contributed by atoms with E-state index in [0.717, 1.165) is 0 Å². The monoisotopic (exact) mass is 237 g/mol. The Hall–Kier alpha value is -0.0300. The maximum atomic E-state index is 11.1. The van der Waals surface area contributed by atoms with E-state index in [9.17, 15) is 4.79 Å². The summed E-state index contributed by atoms with van der Waals surface area (Å²) >= 11 is 8.73. The third-order valence-electron chi connectivity index (χ3n) is 2.49. The second-order valence-corrected chi connectivity index (χ2v) is 5.69. The zero-order valence-electron chi connectivity index (χ0n) is 9.11. The molecule has 0 spiro atoms. The molecule has 0 heterocycles. The summed E-state index contributed by atoms with van der Waals surface area (Å²) < 4.78 is 0. The molecule has 0 rings (SSSR count). The average Bonchev–Trinajstić information content (AvgIpc) is 2.02. The van der Waals surface area contributed by atoms with Crippen molar-refractivity contribution >= 4 is 31.4 Å². The first-order valence-electron chi connectivity index (χ1n) is 4.67. The van der Waals surface area contributed by atoms with Crippen molar-refractivity contribution in [1.82, 2.24) is 4.90 Å². The number of hydrogen-bond acceptors (Lipinski definition) is 3. The van der Waals surface area contributed by atoms with Gasteiger partial charge < -0.3 is 5.11 Å². The van der Waals surface area contributed by atoms with Crippen LogP contribution in [0.2, 0.25) is 0 Å². The van der Waals surface area contributed by atoms with Gasteiger partial charge in [-0.25, -0.2) is 4.79 Å². The van der Waals surface area contributed by atoms with Gasteiger partial charge in [0.2, 0.25) is 0 Å². The fourth-order valence-electron chi connectivity index (χ4n) is 1.25. The number of nitrogens with zero attached hydrogens (tertiary/aromatic N) is 1. The SMILES string of the molecule is CCC(C)(S)N(C(=O)O)C(C)(S)CC. The minimum Gasteiger partial charge on any atom is -0.465 e. The van der Waals surface area contributed by atoms with E-state index in [1.807, 2.05) is 13.8 Å². The third kappa shape index (κ3) is 2.98. The Labute approximate surface area is 96.7 Å². The van der Waals surface area contributed by atoms with Crippen molar-refractivity contribution in [3.63, 3.8) is 0 Å². The molecule has 84 valence electrons. The topological polar surface area (TPSA) is 40.5 Å². The van der Waals surface area contributed by atoms with Crippen LogP contribution in [-0.2, 0) is 0 Å².